The van der Waals surface area contributed by atoms with E-state index < -0.39 is 0 Å². The molecule has 18 heavy (non-hydrogen) atoms. The van der Waals surface area contributed by atoms with E-state index in [0.29, 0.717) is 15.6 Å². The summed E-state index contributed by atoms with van der Waals surface area (Å²) in [5.41, 5.74) is 12.2. The summed E-state index contributed by atoms with van der Waals surface area (Å²) in [6.07, 6.45) is 1.37. The number of benzene rings is 1. The monoisotopic (exact) mass is 281 g/mol. The van der Waals surface area contributed by atoms with Crippen molar-refractivity contribution in [3.63, 3.8) is 0 Å². The summed E-state index contributed by atoms with van der Waals surface area (Å²) >= 11 is 11.6. The van der Waals surface area contributed by atoms with Crippen molar-refractivity contribution < 1.29 is 4.79 Å². The van der Waals surface area contributed by atoms with E-state index in [1.54, 1.807) is 12.1 Å². The molecule has 0 saturated carbocycles. The lowest BCUT2D eigenvalue weighted by Gasteiger charge is -2.07. The van der Waals surface area contributed by atoms with Crippen molar-refractivity contribution in [2.75, 3.05) is 11.5 Å². The number of anilines is 2. The maximum Gasteiger partial charge on any atom is 0.198 e. The van der Waals surface area contributed by atoms with E-state index in [1.165, 1.54) is 18.3 Å². The predicted octanol–water partition coefficient (Wildman–Crippen LogP) is 2.78. The van der Waals surface area contributed by atoms with Crippen molar-refractivity contribution in [1.82, 2.24) is 4.98 Å². The van der Waals surface area contributed by atoms with Crippen LogP contribution < -0.4 is 11.5 Å². The van der Waals surface area contributed by atoms with Crippen LogP contribution in [0.15, 0.2) is 30.5 Å². The quantitative estimate of drug-likeness (QED) is 0.655. The zero-order valence-electron chi connectivity index (χ0n) is 9.15. The highest BCUT2D eigenvalue weighted by Crippen LogP contribution is 2.24. The number of hydrogen-bond acceptors (Lipinski definition) is 4. The molecular formula is C12H9Cl2N3O. The first kappa shape index (κ1) is 12.7. The molecule has 0 aliphatic heterocycles. The Morgan fingerprint density at radius 1 is 1.06 bits per heavy atom. The zero-order chi connectivity index (χ0) is 13.3. The number of nitrogens with zero attached hydrogens (tertiary/aromatic N) is 1. The largest absolute Gasteiger partial charge is 0.398 e. The van der Waals surface area contributed by atoms with Crippen LogP contribution in [0.1, 0.15) is 15.9 Å². The van der Waals surface area contributed by atoms with Gasteiger partial charge < -0.3 is 11.5 Å². The van der Waals surface area contributed by atoms with Gasteiger partial charge in [0.2, 0.25) is 0 Å². The van der Waals surface area contributed by atoms with Crippen molar-refractivity contribution in [2.45, 2.75) is 0 Å². The Balaban J connectivity index is 2.51. The third kappa shape index (κ3) is 2.39. The minimum Gasteiger partial charge on any atom is -0.398 e. The molecule has 1 aromatic heterocycles. The van der Waals surface area contributed by atoms with Crippen molar-refractivity contribution in [3.8, 4) is 0 Å². The number of pyridine rings is 1. The van der Waals surface area contributed by atoms with Gasteiger partial charge >= 0.3 is 0 Å². The number of nitrogens with two attached hydrogens (primary N) is 2. The van der Waals surface area contributed by atoms with Crippen LogP contribution in [0.5, 0.6) is 0 Å². The average Bonchev–Trinajstić information content (AvgIpc) is 2.31. The molecule has 0 spiro atoms. The molecule has 0 saturated heterocycles. The Morgan fingerprint density at radius 3 is 2.44 bits per heavy atom. The molecule has 92 valence electrons. The molecule has 0 fully saturated rings. The second kappa shape index (κ2) is 4.84. The molecule has 2 aromatic rings. The molecule has 1 heterocycles. The van der Waals surface area contributed by atoms with Gasteiger partial charge in [-0.15, -0.1) is 0 Å². The summed E-state index contributed by atoms with van der Waals surface area (Å²) in [5, 5.41) is 0.793. The van der Waals surface area contributed by atoms with Gasteiger partial charge in [-0.3, -0.25) is 4.79 Å². The first-order valence-electron chi connectivity index (χ1n) is 5.00. The van der Waals surface area contributed by atoms with E-state index in [4.69, 9.17) is 34.7 Å². The van der Waals surface area contributed by atoms with E-state index in [2.05, 4.69) is 4.98 Å². The van der Waals surface area contributed by atoms with Gasteiger partial charge in [-0.05, 0) is 24.3 Å². The minimum atomic E-state index is -0.336. The Hall–Kier alpha value is -1.78. The van der Waals surface area contributed by atoms with E-state index in [1.807, 2.05) is 0 Å². The Morgan fingerprint density at radius 2 is 1.78 bits per heavy atom. The van der Waals surface area contributed by atoms with E-state index >= 15 is 0 Å². The highest BCUT2D eigenvalue weighted by Gasteiger charge is 2.16. The molecular weight excluding hydrogens is 273 g/mol. The fraction of sp³-hybridized carbons (Fsp3) is 0. The average molecular weight is 282 g/mol. The van der Waals surface area contributed by atoms with E-state index in [0.717, 1.165) is 0 Å². The Bertz CT molecular complexity index is 629. The molecule has 0 aliphatic rings. The predicted molar refractivity (Wildman–Crippen MR) is 73.0 cm³/mol. The molecule has 0 atom stereocenters. The van der Waals surface area contributed by atoms with Gasteiger partial charge in [0.25, 0.3) is 0 Å². The van der Waals surface area contributed by atoms with Crippen molar-refractivity contribution in [3.05, 3.63) is 51.6 Å². The van der Waals surface area contributed by atoms with Crippen molar-refractivity contribution in [2.24, 2.45) is 0 Å². The molecule has 4 N–H and O–H groups in total. The van der Waals surface area contributed by atoms with Gasteiger partial charge in [-0.1, -0.05) is 23.2 Å². The number of halogens is 2. The SMILES string of the molecule is Nc1cc(Cl)ccc1C(=O)c1cc(Cl)cnc1N. The molecule has 0 aliphatic carbocycles. The fourth-order valence-electron chi connectivity index (χ4n) is 1.52. The first-order valence-corrected chi connectivity index (χ1v) is 5.75. The number of nitrogen functional groups attached to an aromatic ring is 2. The third-order valence-electron chi connectivity index (χ3n) is 2.39. The van der Waals surface area contributed by atoms with Crippen LogP contribution in [0.25, 0.3) is 0 Å². The molecule has 0 unspecified atom stereocenters. The van der Waals surface area contributed by atoms with Crippen LogP contribution in [-0.4, -0.2) is 10.8 Å². The lowest BCUT2D eigenvalue weighted by molar-refractivity contribution is 0.104. The summed E-state index contributed by atoms with van der Waals surface area (Å²) < 4.78 is 0. The summed E-state index contributed by atoms with van der Waals surface area (Å²) in [4.78, 5) is 16.1. The number of aromatic nitrogens is 1. The van der Waals surface area contributed by atoms with Crippen molar-refractivity contribution in [1.29, 1.82) is 0 Å². The number of rotatable bonds is 2. The van der Waals surface area contributed by atoms with Crippen LogP contribution in [0.4, 0.5) is 11.5 Å². The smallest absolute Gasteiger partial charge is 0.198 e. The molecule has 4 nitrogen and oxygen atoms in total. The highest BCUT2D eigenvalue weighted by atomic mass is 35.5. The summed E-state index contributed by atoms with van der Waals surface area (Å²) in [7, 11) is 0. The second-order valence-corrected chi connectivity index (χ2v) is 4.52. The number of hydrogen-bond donors (Lipinski definition) is 2. The zero-order valence-corrected chi connectivity index (χ0v) is 10.7. The summed E-state index contributed by atoms with van der Waals surface area (Å²) in [5.74, 6) is -0.226. The van der Waals surface area contributed by atoms with Crippen LogP contribution in [0.2, 0.25) is 10.0 Å². The maximum absolute atomic E-state index is 12.2. The molecule has 0 amide bonds. The normalized spacial score (nSPS) is 10.3. The molecule has 1 aromatic carbocycles. The summed E-state index contributed by atoms with van der Waals surface area (Å²) in [6.45, 7) is 0. The number of ketones is 1. The highest BCUT2D eigenvalue weighted by molar-refractivity contribution is 6.32. The molecule has 0 bridgehead atoms. The lowest BCUT2D eigenvalue weighted by atomic mass is 10.0. The molecule has 0 radical (unpaired) electrons. The topological polar surface area (TPSA) is 82.0 Å². The molecule has 2 rings (SSSR count). The molecule has 6 heteroatoms. The van der Waals surface area contributed by atoms with Crippen LogP contribution in [0, 0.1) is 0 Å². The lowest BCUT2D eigenvalue weighted by Crippen LogP contribution is -2.09. The minimum absolute atomic E-state index is 0.110. The van der Waals surface area contributed by atoms with Crippen molar-refractivity contribution >= 4 is 40.5 Å². The maximum atomic E-state index is 12.2. The standard InChI is InChI=1S/C12H9Cl2N3O/c13-6-1-2-8(10(15)4-6)11(18)9-3-7(14)5-17-12(9)16/h1-5H,15H2,(H2,16,17). The summed E-state index contributed by atoms with van der Waals surface area (Å²) in [6, 6.07) is 6.09. The van der Waals surface area contributed by atoms with Crippen LogP contribution in [-0.2, 0) is 0 Å². The van der Waals surface area contributed by atoms with Gasteiger partial charge in [-0.25, -0.2) is 4.98 Å². The van der Waals surface area contributed by atoms with Gasteiger partial charge in [0.1, 0.15) is 5.82 Å². The van der Waals surface area contributed by atoms with E-state index in [9.17, 15) is 4.79 Å². The van der Waals surface area contributed by atoms with Gasteiger partial charge in [-0.2, -0.15) is 0 Å². The van der Waals surface area contributed by atoms with Crippen LogP contribution in [0.3, 0.4) is 0 Å². The van der Waals surface area contributed by atoms with Gasteiger partial charge in [0, 0.05) is 22.5 Å². The fourth-order valence-corrected chi connectivity index (χ4v) is 1.86. The van der Waals surface area contributed by atoms with Crippen LogP contribution >= 0.6 is 23.2 Å². The third-order valence-corrected chi connectivity index (χ3v) is 2.83. The Kier molecular flexibility index (Phi) is 3.41. The van der Waals surface area contributed by atoms with E-state index in [-0.39, 0.29) is 22.9 Å². The van der Waals surface area contributed by atoms with Gasteiger partial charge in [0.05, 0.1) is 10.6 Å². The second-order valence-electron chi connectivity index (χ2n) is 3.65. The Labute approximate surface area is 114 Å². The first-order chi connectivity index (χ1) is 8.49. The number of carbonyl (C=O) groups is 1. The number of carbonyl (C=O) groups excluding carboxylic acids is 1. The van der Waals surface area contributed by atoms with Gasteiger partial charge in [0.15, 0.2) is 5.78 Å².